The lowest BCUT2D eigenvalue weighted by Crippen LogP contribution is -2.17. The molecule has 0 saturated heterocycles. The standard InChI is InChI=1S/C15H17F3O2/c16-15(17,18)13-6-4-11(5-7-13)12-3-1-2-10(8-12)9-14(19)20/h4-7,10,12H,1-3,8-9H2,(H,19,20). The third-order valence-corrected chi connectivity index (χ3v) is 3.96. The molecule has 2 rings (SSSR count). The summed E-state index contributed by atoms with van der Waals surface area (Å²) in [4.78, 5) is 10.7. The lowest BCUT2D eigenvalue weighted by molar-refractivity contribution is -0.139. The van der Waals surface area contributed by atoms with E-state index in [1.54, 1.807) is 0 Å². The Balaban J connectivity index is 2.05. The van der Waals surface area contributed by atoms with Crippen molar-refractivity contribution in [3.8, 4) is 0 Å². The zero-order valence-electron chi connectivity index (χ0n) is 11.0. The number of hydrogen-bond donors (Lipinski definition) is 1. The number of alkyl halides is 3. The number of carboxylic acids is 1. The van der Waals surface area contributed by atoms with E-state index in [-0.39, 0.29) is 18.3 Å². The molecular weight excluding hydrogens is 269 g/mol. The number of rotatable bonds is 3. The Hall–Kier alpha value is -1.52. The van der Waals surface area contributed by atoms with Crippen molar-refractivity contribution in [3.05, 3.63) is 35.4 Å². The minimum absolute atomic E-state index is 0.133. The second-order valence-corrected chi connectivity index (χ2v) is 5.45. The summed E-state index contributed by atoms with van der Waals surface area (Å²) in [6.45, 7) is 0. The summed E-state index contributed by atoms with van der Waals surface area (Å²) in [6.07, 6.45) is -0.666. The minimum atomic E-state index is -4.31. The van der Waals surface area contributed by atoms with Gasteiger partial charge in [-0.05, 0) is 48.8 Å². The molecule has 0 heterocycles. The molecule has 5 heteroatoms. The molecule has 0 aromatic heterocycles. The lowest BCUT2D eigenvalue weighted by atomic mass is 9.77. The number of carbonyl (C=O) groups is 1. The zero-order valence-corrected chi connectivity index (χ0v) is 11.0. The third kappa shape index (κ3) is 3.74. The molecule has 1 saturated carbocycles. The highest BCUT2D eigenvalue weighted by Crippen LogP contribution is 2.38. The van der Waals surface area contributed by atoms with Crippen LogP contribution in [0.5, 0.6) is 0 Å². The van der Waals surface area contributed by atoms with Gasteiger partial charge in [0.05, 0.1) is 5.56 Å². The van der Waals surface area contributed by atoms with Gasteiger partial charge in [-0.25, -0.2) is 0 Å². The fourth-order valence-electron chi connectivity index (χ4n) is 2.97. The molecule has 1 fully saturated rings. The number of benzene rings is 1. The van der Waals surface area contributed by atoms with Crippen LogP contribution in [0.4, 0.5) is 13.2 Å². The summed E-state index contributed by atoms with van der Waals surface area (Å²) >= 11 is 0. The van der Waals surface area contributed by atoms with Gasteiger partial charge in [0, 0.05) is 6.42 Å². The van der Waals surface area contributed by atoms with Crippen LogP contribution < -0.4 is 0 Å². The van der Waals surface area contributed by atoms with Crippen molar-refractivity contribution < 1.29 is 23.1 Å². The van der Waals surface area contributed by atoms with Crippen LogP contribution in [0.1, 0.15) is 49.1 Å². The van der Waals surface area contributed by atoms with E-state index < -0.39 is 17.7 Å². The van der Waals surface area contributed by atoms with Gasteiger partial charge in [-0.15, -0.1) is 0 Å². The van der Waals surface area contributed by atoms with Crippen molar-refractivity contribution in [2.75, 3.05) is 0 Å². The summed E-state index contributed by atoms with van der Waals surface area (Å²) in [7, 11) is 0. The first kappa shape index (κ1) is 14.9. The van der Waals surface area contributed by atoms with E-state index in [0.29, 0.717) is 0 Å². The van der Waals surface area contributed by atoms with E-state index in [1.807, 2.05) is 0 Å². The fourth-order valence-corrected chi connectivity index (χ4v) is 2.97. The van der Waals surface area contributed by atoms with Crippen LogP contribution in [-0.4, -0.2) is 11.1 Å². The Kier molecular flexibility index (Phi) is 4.35. The van der Waals surface area contributed by atoms with Crippen molar-refractivity contribution >= 4 is 5.97 Å². The highest BCUT2D eigenvalue weighted by Gasteiger charge is 2.31. The first-order chi connectivity index (χ1) is 9.36. The van der Waals surface area contributed by atoms with Gasteiger partial charge in [0.1, 0.15) is 0 Å². The van der Waals surface area contributed by atoms with Gasteiger partial charge in [0.15, 0.2) is 0 Å². The smallest absolute Gasteiger partial charge is 0.416 e. The van der Waals surface area contributed by atoms with Crippen molar-refractivity contribution in [2.24, 2.45) is 5.92 Å². The predicted molar refractivity (Wildman–Crippen MR) is 68.4 cm³/mol. The van der Waals surface area contributed by atoms with Crippen LogP contribution >= 0.6 is 0 Å². The van der Waals surface area contributed by atoms with Crippen LogP contribution in [0.15, 0.2) is 24.3 Å². The highest BCUT2D eigenvalue weighted by molar-refractivity contribution is 5.67. The quantitative estimate of drug-likeness (QED) is 0.891. The largest absolute Gasteiger partial charge is 0.481 e. The molecule has 0 bridgehead atoms. The Bertz CT molecular complexity index is 465. The summed E-state index contributed by atoms with van der Waals surface area (Å²) in [5.74, 6) is -0.494. The van der Waals surface area contributed by atoms with E-state index in [2.05, 4.69) is 0 Å². The van der Waals surface area contributed by atoms with Crippen molar-refractivity contribution in [3.63, 3.8) is 0 Å². The summed E-state index contributed by atoms with van der Waals surface area (Å²) < 4.78 is 37.5. The Morgan fingerprint density at radius 1 is 1.20 bits per heavy atom. The number of aliphatic carboxylic acids is 1. The van der Waals surface area contributed by atoms with Gasteiger partial charge in [0.2, 0.25) is 0 Å². The number of hydrogen-bond acceptors (Lipinski definition) is 1. The SMILES string of the molecule is O=C(O)CC1CCCC(c2ccc(C(F)(F)F)cc2)C1. The minimum Gasteiger partial charge on any atom is -0.481 e. The maximum atomic E-state index is 12.5. The zero-order chi connectivity index (χ0) is 14.8. The van der Waals surface area contributed by atoms with Gasteiger partial charge in [-0.2, -0.15) is 13.2 Å². The number of halogens is 3. The molecule has 0 spiro atoms. The molecule has 2 nitrogen and oxygen atoms in total. The molecule has 1 aromatic rings. The van der Waals surface area contributed by atoms with Crippen LogP contribution in [0.25, 0.3) is 0 Å². The molecule has 0 radical (unpaired) electrons. The van der Waals surface area contributed by atoms with Gasteiger partial charge in [-0.3, -0.25) is 4.79 Å². The maximum Gasteiger partial charge on any atom is 0.416 e. The molecule has 110 valence electrons. The van der Waals surface area contributed by atoms with Crippen molar-refractivity contribution in [2.45, 2.75) is 44.2 Å². The van der Waals surface area contributed by atoms with Crippen molar-refractivity contribution in [1.82, 2.24) is 0 Å². The first-order valence-corrected chi connectivity index (χ1v) is 6.75. The van der Waals surface area contributed by atoms with E-state index in [0.717, 1.165) is 43.4 Å². The molecule has 1 aliphatic rings. The fraction of sp³-hybridized carbons (Fsp3) is 0.533. The maximum absolute atomic E-state index is 12.5. The summed E-state index contributed by atoms with van der Waals surface area (Å²) in [5.41, 5.74) is 0.243. The molecule has 2 unspecified atom stereocenters. The van der Waals surface area contributed by atoms with Gasteiger partial charge < -0.3 is 5.11 Å². The number of carboxylic acid groups (broad SMARTS) is 1. The molecule has 1 aromatic carbocycles. The van der Waals surface area contributed by atoms with Crippen LogP contribution in [-0.2, 0) is 11.0 Å². The van der Waals surface area contributed by atoms with Gasteiger partial charge >= 0.3 is 12.1 Å². The molecule has 20 heavy (non-hydrogen) atoms. The molecular formula is C15H17F3O2. The van der Waals surface area contributed by atoms with Crippen LogP contribution in [0, 0.1) is 5.92 Å². The van der Waals surface area contributed by atoms with Crippen LogP contribution in [0.2, 0.25) is 0 Å². The monoisotopic (exact) mass is 286 g/mol. The van der Waals surface area contributed by atoms with E-state index >= 15 is 0 Å². The second-order valence-electron chi connectivity index (χ2n) is 5.45. The second kappa shape index (κ2) is 5.85. The Labute approximate surface area is 115 Å². The van der Waals surface area contributed by atoms with Crippen molar-refractivity contribution in [1.29, 1.82) is 0 Å². The summed E-state index contributed by atoms with van der Waals surface area (Å²) in [5, 5.41) is 8.82. The van der Waals surface area contributed by atoms with E-state index in [1.165, 1.54) is 12.1 Å². The average Bonchev–Trinajstić information content (AvgIpc) is 2.37. The highest BCUT2D eigenvalue weighted by atomic mass is 19.4. The van der Waals surface area contributed by atoms with E-state index in [4.69, 9.17) is 5.11 Å². The van der Waals surface area contributed by atoms with Gasteiger partial charge in [-0.1, -0.05) is 18.6 Å². The third-order valence-electron chi connectivity index (χ3n) is 3.96. The normalized spacial score (nSPS) is 23.6. The molecule has 1 N–H and O–H groups in total. The lowest BCUT2D eigenvalue weighted by Gasteiger charge is -2.28. The molecule has 1 aliphatic carbocycles. The molecule has 2 atom stereocenters. The summed E-state index contributed by atoms with van der Waals surface area (Å²) in [6, 6.07) is 5.26. The Morgan fingerprint density at radius 2 is 1.85 bits per heavy atom. The first-order valence-electron chi connectivity index (χ1n) is 6.75. The topological polar surface area (TPSA) is 37.3 Å². The molecule has 0 aliphatic heterocycles. The van der Waals surface area contributed by atoms with Gasteiger partial charge in [0.25, 0.3) is 0 Å². The Morgan fingerprint density at radius 3 is 2.40 bits per heavy atom. The average molecular weight is 286 g/mol. The molecule has 0 amide bonds. The van der Waals surface area contributed by atoms with Crippen LogP contribution in [0.3, 0.4) is 0 Å². The predicted octanol–water partition coefficient (Wildman–Crippen LogP) is 4.45. The van der Waals surface area contributed by atoms with E-state index in [9.17, 15) is 18.0 Å².